The zero-order valence-corrected chi connectivity index (χ0v) is 12.2. The van der Waals surface area contributed by atoms with Gasteiger partial charge in [-0.15, -0.1) is 11.3 Å². The Morgan fingerprint density at radius 1 is 1.47 bits per heavy atom. The highest BCUT2D eigenvalue weighted by molar-refractivity contribution is 7.17. The Balaban J connectivity index is 1.84. The molecular weight excluding hydrogens is 260 g/mol. The van der Waals surface area contributed by atoms with Crippen LogP contribution in [0.1, 0.15) is 35.5 Å². The largest absolute Gasteiger partial charge is 0.370 e. The first-order valence-electron chi connectivity index (χ1n) is 6.51. The van der Waals surface area contributed by atoms with Crippen molar-refractivity contribution in [2.24, 2.45) is 5.73 Å². The minimum Gasteiger partial charge on any atom is -0.370 e. The fraction of sp³-hybridized carbons (Fsp3) is 0.538. The lowest BCUT2D eigenvalue weighted by atomic mass is 10.2. The van der Waals surface area contributed by atoms with Crippen molar-refractivity contribution in [3.63, 3.8) is 0 Å². The maximum atomic E-state index is 10.6. The van der Waals surface area contributed by atoms with Crippen LogP contribution >= 0.6 is 11.3 Å². The van der Waals surface area contributed by atoms with Crippen molar-refractivity contribution in [1.82, 2.24) is 14.7 Å². The van der Waals surface area contributed by atoms with E-state index in [0.717, 1.165) is 36.6 Å². The number of hydrogen-bond acceptors (Lipinski definition) is 4. The summed E-state index contributed by atoms with van der Waals surface area (Å²) in [6, 6.07) is 0. The van der Waals surface area contributed by atoms with Crippen molar-refractivity contribution in [1.29, 1.82) is 0 Å². The Bertz CT molecular complexity index is 572. The third kappa shape index (κ3) is 3.54. The number of carbonyl (C=O) groups excluding carboxylic acids is 1. The van der Waals surface area contributed by atoms with E-state index in [1.54, 1.807) is 11.3 Å². The molecule has 3 N–H and O–H groups in total. The number of primary amides is 1. The molecular formula is C13H20N4OS. The molecule has 0 fully saturated rings. The second-order valence-corrected chi connectivity index (χ2v) is 5.95. The molecule has 0 saturated heterocycles. The first-order chi connectivity index (χ1) is 9.08. The number of aromatic nitrogens is 2. The maximum Gasteiger partial charge on any atom is 0.217 e. The molecule has 5 nitrogen and oxygen atoms in total. The maximum absolute atomic E-state index is 10.6. The van der Waals surface area contributed by atoms with Gasteiger partial charge in [0.05, 0.1) is 11.4 Å². The Kier molecular flexibility index (Phi) is 4.55. The van der Waals surface area contributed by atoms with Gasteiger partial charge in [-0.25, -0.2) is 4.98 Å². The third-order valence-corrected chi connectivity index (χ3v) is 3.96. The van der Waals surface area contributed by atoms with Gasteiger partial charge in [-0.2, -0.15) is 0 Å². The summed E-state index contributed by atoms with van der Waals surface area (Å²) >= 11 is 1.71. The number of carbonyl (C=O) groups is 1. The van der Waals surface area contributed by atoms with Crippen LogP contribution in [0.3, 0.4) is 0 Å². The molecule has 0 saturated carbocycles. The Labute approximate surface area is 116 Å². The van der Waals surface area contributed by atoms with Crippen LogP contribution in [0, 0.1) is 13.8 Å². The predicted molar refractivity (Wildman–Crippen MR) is 77.3 cm³/mol. The lowest BCUT2D eigenvalue weighted by Gasteiger charge is -2.04. The smallest absolute Gasteiger partial charge is 0.217 e. The van der Waals surface area contributed by atoms with Crippen molar-refractivity contribution in [3.8, 4) is 0 Å². The van der Waals surface area contributed by atoms with Crippen molar-refractivity contribution < 1.29 is 4.79 Å². The molecule has 2 heterocycles. The number of imidazole rings is 1. The van der Waals surface area contributed by atoms with Gasteiger partial charge in [0.15, 0.2) is 4.96 Å². The summed E-state index contributed by atoms with van der Waals surface area (Å²) in [4.78, 5) is 17.5. The van der Waals surface area contributed by atoms with Gasteiger partial charge in [0.25, 0.3) is 0 Å². The fourth-order valence-corrected chi connectivity index (χ4v) is 2.97. The standard InChI is InChI=1S/C13H20N4OS/c1-9-8-17-11(10(2)16-13(17)19-9)7-15-6-4-3-5-12(14)18/h8,15H,3-7H2,1-2H3,(H2,14,18). The van der Waals surface area contributed by atoms with E-state index in [2.05, 4.69) is 27.8 Å². The second-order valence-electron chi connectivity index (χ2n) is 4.74. The van der Waals surface area contributed by atoms with Crippen LogP contribution < -0.4 is 11.1 Å². The van der Waals surface area contributed by atoms with Gasteiger partial charge in [-0.3, -0.25) is 9.20 Å². The molecule has 0 aromatic carbocycles. The second kappa shape index (κ2) is 6.16. The molecule has 2 aromatic heterocycles. The van der Waals surface area contributed by atoms with Crippen LogP contribution in [0.25, 0.3) is 4.96 Å². The van der Waals surface area contributed by atoms with Gasteiger partial charge in [0.2, 0.25) is 5.91 Å². The fourth-order valence-electron chi connectivity index (χ4n) is 2.08. The number of nitrogens with zero attached hydrogens (tertiary/aromatic N) is 2. The van der Waals surface area contributed by atoms with E-state index in [-0.39, 0.29) is 5.91 Å². The van der Waals surface area contributed by atoms with Crippen LogP contribution in [-0.4, -0.2) is 21.8 Å². The van der Waals surface area contributed by atoms with Crippen molar-refractivity contribution in [2.75, 3.05) is 6.54 Å². The van der Waals surface area contributed by atoms with Crippen LogP contribution in [0.15, 0.2) is 6.20 Å². The molecule has 0 spiro atoms. The van der Waals surface area contributed by atoms with Gasteiger partial charge < -0.3 is 11.1 Å². The summed E-state index contributed by atoms with van der Waals surface area (Å²) in [6.45, 7) is 5.83. The molecule has 0 bridgehead atoms. The van der Waals surface area contributed by atoms with E-state index in [1.807, 2.05) is 6.92 Å². The molecule has 6 heteroatoms. The molecule has 0 aliphatic heterocycles. The number of rotatable bonds is 7. The lowest BCUT2D eigenvalue weighted by molar-refractivity contribution is -0.118. The topological polar surface area (TPSA) is 72.4 Å². The average molecular weight is 280 g/mol. The van der Waals surface area contributed by atoms with Crippen LogP contribution in [0.4, 0.5) is 0 Å². The van der Waals surface area contributed by atoms with E-state index >= 15 is 0 Å². The summed E-state index contributed by atoms with van der Waals surface area (Å²) in [5, 5.41) is 3.40. The summed E-state index contributed by atoms with van der Waals surface area (Å²) in [6.07, 6.45) is 4.42. The normalized spacial score (nSPS) is 11.3. The van der Waals surface area contributed by atoms with Crippen LogP contribution in [0.2, 0.25) is 0 Å². The van der Waals surface area contributed by atoms with Gasteiger partial charge in [-0.1, -0.05) is 0 Å². The molecule has 0 atom stereocenters. The van der Waals surface area contributed by atoms with Gasteiger partial charge in [-0.05, 0) is 33.2 Å². The Hall–Kier alpha value is -1.40. The van der Waals surface area contributed by atoms with E-state index in [0.29, 0.717) is 6.42 Å². The zero-order valence-electron chi connectivity index (χ0n) is 11.4. The molecule has 0 aliphatic carbocycles. The number of hydrogen-bond donors (Lipinski definition) is 2. The number of nitrogens with one attached hydrogen (secondary N) is 1. The molecule has 0 unspecified atom stereocenters. The molecule has 0 aliphatic rings. The van der Waals surface area contributed by atoms with Crippen LogP contribution in [-0.2, 0) is 11.3 Å². The number of amides is 1. The minimum absolute atomic E-state index is 0.220. The van der Waals surface area contributed by atoms with Crippen molar-refractivity contribution in [3.05, 3.63) is 22.5 Å². The summed E-state index contributed by atoms with van der Waals surface area (Å²) in [5.74, 6) is -0.220. The van der Waals surface area contributed by atoms with E-state index < -0.39 is 0 Å². The summed E-state index contributed by atoms with van der Waals surface area (Å²) in [7, 11) is 0. The highest BCUT2D eigenvalue weighted by Crippen LogP contribution is 2.20. The number of thiazole rings is 1. The average Bonchev–Trinajstić information content (AvgIpc) is 2.80. The number of fused-ring (bicyclic) bond motifs is 1. The number of nitrogens with two attached hydrogens (primary N) is 1. The highest BCUT2D eigenvalue weighted by atomic mass is 32.1. The van der Waals surface area contributed by atoms with Gasteiger partial charge in [0.1, 0.15) is 0 Å². The first kappa shape index (κ1) is 14.0. The monoisotopic (exact) mass is 280 g/mol. The van der Waals surface area contributed by atoms with Crippen LogP contribution in [0.5, 0.6) is 0 Å². The van der Waals surface area contributed by atoms with Crippen molar-refractivity contribution in [2.45, 2.75) is 39.7 Å². The zero-order chi connectivity index (χ0) is 13.8. The molecule has 0 radical (unpaired) electrons. The molecule has 19 heavy (non-hydrogen) atoms. The van der Waals surface area contributed by atoms with Gasteiger partial charge in [0, 0.05) is 24.0 Å². The Morgan fingerprint density at radius 2 is 2.26 bits per heavy atom. The molecule has 1 amide bonds. The van der Waals surface area contributed by atoms with E-state index in [9.17, 15) is 4.79 Å². The predicted octanol–water partition coefficient (Wildman–Crippen LogP) is 1.76. The SMILES string of the molecule is Cc1cn2c(CNCCCCC(N)=O)c(C)nc2s1. The number of unbranched alkanes of at least 4 members (excludes halogenated alkanes) is 1. The van der Waals surface area contributed by atoms with Crippen molar-refractivity contribution >= 4 is 22.2 Å². The van der Waals surface area contributed by atoms with Gasteiger partial charge >= 0.3 is 0 Å². The van der Waals surface area contributed by atoms with E-state index in [1.165, 1.54) is 10.6 Å². The quantitative estimate of drug-likeness (QED) is 0.759. The molecule has 104 valence electrons. The van der Waals surface area contributed by atoms with E-state index in [4.69, 9.17) is 5.73 Å². The highest BCUT2D eigenvalue weighted by Gasteiger charge is 2.10. The number of aryl methyl sites for hydroxylation is 2. The molecule has 2 aromatic rings. The lowest BCUT2D eigenvalue weighted by Crippen LogP contribution is -2.17. The summed E-state index contributed by atoms with van der Waals surface area (Å²) < 4.78 is 2.16. The molecule has 2 rings (SSSR count). The Morgan fingerprint density at radius 3 is 3.00 bits per heavy atom. The first-order valence-corrected chi connectivity index (χ1v) is 7.32. The summed E-state index contributed by atoms with van der Waals surface area (Å²) in [5.41, 5.74) is 7.40. The third-order valence-electron chi connectivity index (χ3n) is 3.06. The minimum atomic E-state index is -0.220.